The summed E-state index contributed by atoms with van der Waals surface area (Å²) in [6.07, 6.45) is 0. The van der Waals surface area contributed by atoms with Gasteiger partial charge in [-0.3, -0.25) is 0 Å². The van der Waals surface area contributed by atoms with Gasteiger partial charge in [-0.25, -0.2) is 0 Å². The van der Waals surface area contributed by atoms with E-state index in [4.69, 9.17) is 0 Å². The molecule has 0 spiro atoms. The Balaban J connectivity index is 2.32. The first-order chi connectivity index (χ1) is 1.73. The van der Waals surface area contributed by atoms with Crippen molar-refractivity contribution < 1.29 is 0 Å². The molecule has 0 aromatic heterocycles. The van der Waals surface area contributed by atoms with E-state index < -0.39 is 0 Å². The molecule has 0 unspecified atom stereocenters. The van der Waals surface area contributed by atoms with E-state index in [-0.39, 0.29) is 0 Å². The van der Waals surface area contributed by atoms with Crippen LogP contribution in [0.5, 0.6) is 0 Å². The predicted octanol–water partition coefficient (Wildman–Crippen LogP) is -0.904. The van der Waals surface area contributed by atoms with Crippen molar-refractivity contribution >= 4 is 18.8 Å². The molecule has 0 N–H and O–H groups in total. The Hall–Kier alpha value is 0.596. The average molecular weight is 116 g/mol. The van der Waals surface area contributed by atoms with Crippen LogP contribution < -0.4 is 0 Å². The topological polar surface area (TPSA) is 3.24 Å². The Bertz CT molecular complexity index is 10.8. The van der Waals surface area contributed by atoms with Gasteiger partial charge in [0.25, 0.3) is 0 Å². The van der Waals surface area contributed by atoms with Crippen molar-refractivity contribution in [2.24, 2.45) is 0 Å². The molecule has 4 heavy (non-hydrogen) atoms. The number of hydrogen-bond donors (Lipinski definition) is 0. The van der Waals surface area contributed by atoms with E-state index in [0.717, 1.165) is 18.8 Å². The molecule has 0 saturated carbocycles. The number of rotatable bonds is 0. The summed E-state index contributed by atoms with van der Waals surface area (Å²) in [5, 5.41) is 0. The van der Waals surface area contributed by atoms with E-state index in [1.807, 2.05) is 0 Å². The van der Waals surface area contributed by atoms with Crippen LogP contribution in [0.15, 0.2) is 0 Å². The molecule has 0 aliphatic carbocycles. The van der Waals surface area contributed by atoms with Gasteiger partial charge >= 0.3 is 36.5 Å². The molecule has 0 heterocycles. The second kappa shape index (κ2) is 1.87. The second-order valence-corrected chi connectivity index (χ2v) is 5.09. The third-order valence-corrected chi connectivity index (χ3v) is 0. The van der Waals surface area contributed by atoms with Crippen LogP contribution in [-0.2, 0) is 0 Å². The third kappa shape index (κ3) is 18.6. The summed E-state index contributed by atoms with van der Waals surface area (Å²) < 4.78 is 2.19. The van der Waals surface area contributed by atoms with Crippen LogP contribution in [0.4, 0.5) is 0 Å². The Labute approximate surface area is 37.2 Å². The molecule has 24 valence electrons. The standard InChI is InChI=1S/C2H6N.Ga.2H/c1-3-2;;;/h1-2H3;;;/q-1;+1;;. The molecule has 0 aliphatic heterocycles. The van der Waals surface area contributed by atoms with Crippen molar-refractivity contribution in [3.8, 4) is 0 Å². The second-order valence-electron chi connectivity index (χ2n) is 1.34. The molecule has 0 radical (unpaired) electrons. The normalized spacial score (nSPS) is 8.75. The van der Waals surface area contributed by atoms with Gasteiger partial charge in [-0.05, 0) is 0 Å². The fourth-order valence-electron chi connectivity index (χ4n) is 0. The van der Waals surface area contributed by atoms with E-state index in [0.29, 0.717) is 0 Å². The zero-order chi connectivity index (χ0) is 3.58. The molecule has 0 aromatic carbocycles. The quantitative estimate of drug-likeness (QED) is 0.370. The molecule has 1 nitrogen and oxygen atoms in total. The molecular weight excluding hydrogens is 108 g/mol. The van der Waals surface area contributed by atoms with E-state index in [2.05, 4.69) is 17.7 Å². The predicted molar refractivity (Wildman–Crippen MR) is 22.2 cm³/mol. The average Bonchev–Trinajstić information content (AvgIpc) is 0.811. The van der Waals surface area contributed by atoms with Crippen LogP contribution in [0.1, 0.15) is 0 Å². The summed E-state index contributed by atoms with van der Waals surface area (Å²) in [7, 11) is 4.17. The van der Waals surface area contributed by atoms with Crippen LogP contribution in [0.2, 0.25) is 0 Å². The van der Waals surface area contributed by atoms with Gasteiger partial charge in [-0.15, -0.1) is 0 Å². The fourth-order valence-corrected chi connectivity index (χ4v) is 0. The molecule has 0 bridgehead atoms. The monoisotopic (exact) mass is 115 g/mol. The first-order valence-electron chi connectivity index (χ1n) is 1.34. The van der Waals surface area contributed by atoms with Gasteiger partial charge in [-0.1, -0.05) is 0 Å². The van der Waals surface area contributed by atoms with Gasteiger partial charge in [-0.2, -0.15) is 0 Å². The Morgan fingerprint density at radius 1 is 1.50 bits per heavy atom. The van der Waals surface area contributed by atoms with Gasteiger partial charge in [0.1, 0.15) is 0 Å². The van der Waals surface area contributed by atoms with Gasteiger partial charge in [0.2, 0.25) is 0 Å². The maximum atomic E-state index is 2.19. The van der Waals surface area contributed by atoms with Crippen molar-refractivity contribution in [3.63, 3.8) is 0 Å². The van der Waals surface area contributed by atoms with Crippen molar-refractivity contribution in [3.05, 3.63) is 0 Å². The molecule has 0 saturated heterocycles. The number of nitrogens with zero attached hydrogens (tertiary/aromatic N) is 1. The fraction of sp³-hybridized carbons (Fsp3) is 1.00. The molecule has 0 amide bonds. The summed E-state index contributed by atoms with van der Waals surface area (Å²) in [6.45, 7) is 0. The van der Waals surface area contributed by atoms with Crippen LogP contribution in [0, 0.1) is 0 Å². The Kier molecular flexibility index (Phi) is 2.15. The summed E-state index contributed by atoms with van der Waals surface area (Å²) in [6, 6.07) is 0. The molecule has 2 heteroatoms. The van der Waals surface area contributed by atoms with E-state index in [9.17, 15) is 0 Å². The van der Waals surface area contributed by atoms with Crippen molar-refractivity contribution in [1.29, 1.82) is 0 Å². The third-order valence-electron chi connectivity index (χ3n) is 0. The van der Waals surface area contributed by atoms with E-state index in [1.165, 1.54) is 0 Å². The minimum atomic E-state index is 0.896. The molecule has 0 aromatic rings. The number of hydrogen-bond acceptors (Lipinski definition) is 1. The molecule has 0 fully saturated rings. The Morgan fingerprint density at radius 2 is 1.50 bits per heavy atom. The van der Waals surface area contributed by atoms with Crippen LogP contribution in [0.3, 0.4) is 0 Å². The van der Waals surface area contributed by atoms with Crippen molar-refractivity contribution in [2.45, 2.75) is 0 Å². The van der Waals surface area contributed by atoms with Crippen LogP contribution >= 0.6 is 0 Å². The van der Waals surface area contributed by atoms with Crippen LogP contribution in [-0.4, -0.2) is 36.5 Å². The van der Waals surface area contributed by atoms with E-state index in [1.54, 1.807) is 0 Å². The van der Waals surface area contributed by atoms with Crippen LogP contribution in [0.25, 0.3) is 0 Å². The van der Waals surface area contributed by atoms with Gasteiger partial charge in [0.05, 0.1) is 0 Å². The summed E-state index contributed by atoms with van der Waals surface area (Å²) >= 11 is 0.896. The maximum absolute atomic E-state index is 2.19. The van der Waals surface area contributed by atoms with Crippen molar-refractivity contribution in [1.82, 2.24) is 3.61 Å². The molecule has 0 rings (SSSR count). The van der Waals surface area contributed by atoms with Gasteiger partial charge < -0.3 is 0 Å². The van der Waals surface area contributed by atoms with Gasteiger partial charge in [0, 0.05) is 0 Å². The summed E-state index contributed by atoms with van der Waals surface area (Å²) in [5.41, 5.74) is 0. The van der Waals surface area contributed by atoms with Crippen molar-refractivity contribution in [2.75, 3.05) is 14.1 Å². The molecule has 0 atom stereocenters. The zero-order valence-corrected chi connectivity index (χ0v) is 7.64. The minimum absolute atomic E-state index is 0.896. The summed E-state index contributed by atoms with van der Waals surface area (Å²) in [5.74, 6) is 0. The first kappa shape index (κ1) is 4.60. The molecule has 0 aliphatic rings. The first-order valence-corrected chi connectivity index (χ1v) is 3.22. The van der Waals surface area contributed by atoms with Gasteiger partial charge in [0.15, 0.2) is 0 Å². The SMILES string of the molecule is C[N](C)[GaH2]. The van der Waals surface area contributed by atoms with E-state index >= 15 is 0 Å². The molecular formula is C2H8GaN. The zero-order valence-electron chi connectivity index (χ0n) is 3.45. The Morgan fingerprint density at radius 3 is 1.50 bits per heavy atom. The summed E-state index contributed by atoms with van der Waals surface area (Å²) in [4.78, 5) is 0.